The lowest BCUT2D eigenvalue weighted by atomic mass is 10.1. The van der Waals surface area contributed by atoms with E-state index in [4.69, 9.17) is 34.8 Å². The summed E-state index contributed by atoms with van der Waals surface area (Å²) < 4.78 is 27.8. The fourth-order valence-corrected chi connectivity index (χ4v) is 5.72. The highest BCUT2D eigenvalue weighted by Crippen LogP contribution is 2.37. The van der Waals surface area contributed by atoms with Crippen LogP contribution in [0.5, 0.6) is 0 Å². The molecule has 0 aliphatic carbocycles. The Labute approximate surface area is 195 Å². The third-order valence-electron chi connectivity index (χ3n) is 5.04. The Bertz CT molecular complexity index is 1280. The van der Waals surface area contributed by atoms with Crippen molar-refractivity contribution in [1.29, 1.82) is 0 Å². The molecule has 1 aliphatic rings. The number of hydrogen-bond acceptors (Lipinski definition) is 3. The lowest BCUT2D eigenvalue weighted by Gasteiger charge is -2.24. The van der Waals surface area contributed by atoms with Crippen molar-refractivity contribution < 1.29 is 13.2 Å². The van der Waals surface area contributed by atoms with E-state index in [1.165, 1.54) is 16.4 Å². The Morgan fingerprint density at radius 1 is 0.968 bits per heavy atom. The molecule has 1 atom stereocenters. The van der Waals surface area contributed by atoms with Gasteiger partial charge in [0.25, 0.3) is 15.9 Å². The van der Waals surface area contributed by atoms with Crippen LogP contribution in [0, 0.1) is 0 Å². The van der Waals surface area contributed by atoms with Gasteiger partial charge >= 0.3 is 0 Å². The quantitative estimate of drug-likeness (QED) is 0.480. The summed E-state index contributed by atoms with van der Waals surface area (Å²) in [5.41, 5.74) is 2.28. The van der Waals surface area contributed by atoms with Gasteiger partial charge in [-0.1, -0.05) is 34.8 Å². The first kappa shape index (κ1) is 22.0. The first-order chi connectivity index (χ1) is 14.7. The highest BCUT2D eigenvalue weighted by molar-refractivity contribution is 7.92. The summed E-state index contributed by atoms with van der Waals surface area (Å²) in [5, 5.41) is 3.97. The highest BCUT2D eigenvalue weighted by atomic mass is 35.5. The van der Waals surface area contributed by atoms with Crippen LogP contribution in [0.1, 0.15) is 22.8 Å². The fraction of sp³-hybridized carbons (Fsp3) is 0.136. The Balaban J connectivity index is 1.62. The SMILES string of the molecule is C[C@H]1Cc2cc(C(=O)Nc3ccc(Cl)c(Cl)c3)ccc2N1S(=O)(=O)c1ccc(Cl)cc1. The van der Waals surface area contributed by atoms with E-state index < -0.39 is 10.0 Å². The second kappa shape index (κ2) is 8.36. The van der Waals surface area contributed by atoms with Gasteiger partial charge in [-0.3, -0.25) is 9.10 Å². The average molecular weight is 496 g/mol. The lowest BCUT2D eigenvalue weighted by Crippen LogP contribution is -2.35. The maximum Gasteiger partial charge on any atom is 0.264 e. The molecule has 1 aliphatic heterocycles. The lowest BCUT2D eigenvalue weighted by molar-refractivity contribution is 0.102. The van der Waals surface area contributed by atoms with E-state index in [0.717, 1.165) is 5.56 Å². The van der Waals surface area contributed by atoms with Gasteiger partial charge in [-0.15, -0.1) is 0 Å². The minimum absolute atomic E-state index is 0.165. The van der Waals surface area contributed by atoms with E-state index in [0.29, 0.717) is 38.4 Å². The summed E-state index contributed by atoms with van der Waals surface area (Å²) >= 11 is 17.8. The van der Waals surface area contributed by atoms with E-state index in [1.54, 1.807) is 48.5 Å². The van der Waals surface area contributed by atoms with Gasteiger partial charge in [0.1, 0.15) is 0 Å². The van der Waals surface area contributed by atoms with E-state index in [1.807, 2.05) is 6.92 Å². The van der Waals surface area contributed by atoms with Crippen LogP contribution < -0.4 is 9.62 Å². The van der Waals surface area contributed by atoms with Crippen molar-refractivity contribution in [3.05, 3.63) is 86.9 Å². The smallest absolute Gasteiger partial charge is 0.264 e. The molecular weight excluding hydrogens is 479 g/mol. The largest absolute Gasteiger partial charge is 0.322 e. The number of nitrogens with zero attached hydrogens (tertiary/aromatic N) is 1. The van der Waals surface area contributed by atoms with Gasteiger partial charge in [0, 0.05) is 22.3 Å². The number of nitrogens with one attached hydrogen (secondary N) is 1. The number of halogens is 3. The molecule has 3 aromatic carbocycles. The van der Waals surface area contributed by atoms with E-state index in [9.17, 15) is 13.2 Å². The van der Waals surface area contributed by atoms with Gasteiger partial charge in [-0.2, -0.15) is 0 Å². The molecule has 160 valence electrons. The molecule has 0 saturated heterocycles. The number of carbonyl (C=O) groups excluding carboxylic acids is 1. The van der Waals surface area contributed by atoms with Crippen molar-refractivity contribution >= 4 is 62.1 Å². The van der Waals surface area contributed by atoms with Gasteiger partial charge < -0.3 is 5.32 Å². The number of fused-ring (bicyclic) bond motifs is 1. The van der Waals surface area contributed by atoms with Gasteiger partial charge in [0.15, 0.2) is 0 Å². The van der Waals surface area contributed by atoms with E-state index in [-0.39, 0.29) is 16.8 Å². The van der Waals surface area contributed by atoms with Crippen molar-refractivity contribution in [1.82, 2.24) is 0 Å². The predicted molar refractivity (Wildman–Crippen MR) is 125 cm³/mol. The second-order valence-corrected chi connectivity index (χ2v) is 10.3. The minimum atomic E-state index is -3.76. The third kappa shape index (κ3) is 4.26. The van der Waals surface area contributed by atoms with Crippen LogP contribution in [-0.4, -0.2) is 20.4 Å². The first-order valence-corrected chi connectivity index (χ1v) is 11.9. The number of benzene rings is 3. The van der Waals surface area contributed by atoms with Crippen LogP contribution in [0.2, 0.25) is 15.1 Å². The molecule has 0 radical (unpaired) electrons. The predicted octanol–water partition coefficient (Wildman–Crippen LogP) is 6.04. The molecule has 0 fully saturated rings. The molecule has 4 rings (SSSR count). The number of sulfonamides is 1. The van der Waals surface area contributed by atoms with Crippen molar-refractivity contribution in [3.8, 4) is 0 Å². The van der Waals surface area contributed by atoms with Gasteiger partial charge in [-0.25, -0.2) is 8.42 Å². The molecule has 3 aromatic rings. The van der Waals surface area contributed by atoms with Crippen LogP contribution in [0.3, 0.4) is 0 Å². The zero-order chi connectivity index (χ0) is 22.3. The molecule has 0 bridgehead atoms. The Morgan fingerprint density at radius 2 is 1.68 bits per heavy atom. The fourth-order valence-electron chi connectivity index (χ4n) is 3.61. The van der Waals surface area contributed by atoms with E-state index >= 15 is 0 Å². The van der Waals surface area contributed by atoms with Crippen LogP contribution in [0.15, 0.2) is 65.6 Å². The summed E-state index contributed by atoms with van der Waals surface area (Å²) in [6.07, 6.45) is 0.496. The van der Waals surface area contributed by atoms with Crippen LogP contribution in [-0.2, 0) is 16.4 Å². The summed E-state index contributed by atoms with van der Waals surface area (Å²) in [6, 6.07) is 15.6. The Kier molecular flexibility index (Phi) is 5.92. The van der Waals surface area contributed by atoms with Crippen LogP contribution >= 0.6 is 34.8 Å². The van der Waals surface area contributed by atoms with Crippen molar-refractivity contribution in [2.75, 3.05) is 9.62 Å². The molecule has 1 amide bonds. The number of carbonyl (C=O) groups is 1. The van der Waals surface area contributed by atoms with E-state index in [2.05, 4.69) is 5.32 Å². The number of hydrogen-bond donors (Lipinski definition) is 1. The summed E-state index contributed by atoms with van der Waals surface area (Å²) in [7, 11) is -3.76. The minimum Gasteiger partial charge on any atom is -0.322 e. The number of anilines is 2. The standard InChI is InChI=1S/C22H17Cl3N2O3S/c1-13-10-15-11-14(22(28)26-17-5-8-19(24)20(25)12-17)2-9-21(15)27(13)31(29,30)18-6-3-16(23)4-7-18/h2-9,11-13H,10H2,1H3,(H,26,28)/t13-/m0/s1. The zero-order valence-electron chi connectivity index (χ0n) is 16.3. The van der Waals surface area contributed by atoms with Crippen molar-refractivity contribution in [2.24, 2.45) is 0 Å². The van der Waals surface area contributed by atoms with Crippen LogP contribution in [0.25, 0.3) is 0 Å². The van der Waals surface area contributed by atoms with Crippen LogP contribution in [0.4, 0.5) is 11.4 Å². The number of rotatable bonds is 4. The van der Waals surface area contributed by atoms with Gasteiger partial charge in [0.05, 0.1) is 20.6 Å². The molecule has 31 heavy (non-hydrogen) atoms. The molecule has 1 heterocycles. The molecule has 9 heteroatoms. The topological polar surface area (TPSA) is 66.5 Å². The average Bonchev–Trinajstić information content (AvgIpc) is 3.06. The van der Waals surface area contributed by atoms with Crippen molar-refractivity contribution in [2.45, 2.75) is 24.3 Å². The monoisotopic (exact) mass is 494 g/mol. The molecule has 0 unspecified atom stereocenters. The normalized spacial score (nSPS) is 15.6. The second-order valence-electron chi connectivity index (χ2n) is 7.23. The summed E-state index contributed by atoms with van der Waals surface area (Å²) in [5.74, 6) is -0.326. The molecule has 0 saturated carbocycles. The maximum atomic E-state index is 13.2. The Hall–Kier alpha value is -2.25. The summed E-state index contributed by atoms with van der Waals surface area (Å²) in [6.45, 7) is 1.84. The molecule has 1 N–H and O–H groups in total. The number of amides is 1. The maximum absolute atomic E-state index is 13.2. The van der Waals surface area contributed by atoms with Gasteiger partial charge in [0.2, 0.25) is 0 Å². The molecule has 0 spiro atoms. The van der Waals surface area contributed by atoms with Crippen molar-refractivity contribution in [3.63, 3.8) is 0 Å². The zero-order valence-corrected chi connectivity index (χ0v) is 19.4. The molecular formula is C22H17Cl3N2O3S. The summed E-state index contributed by atoms with van der Waals surface area (Å²) in [4.78, 5) is 12.9. The highest BCUT2D eigenvalue weighted by Gasteiger charge is 2.36. The molecule has 0 aromatic heterocycles. The Morgan fingerprint density at radius 3 is 2.35 bits per heavy atom. The first-order valence-electron chi connectivity index (χ1n) is 9.36. The third-order valence-corrected chi connectivity index (χ3v) is 7.98. The van der Waals surface area contributed by atoms with Gasteiger partial charge in [-0.05, 0) is 79.6 Å². The molecule has 5 nitrogen and oxygen atoms in total.